The minimum Gasteiger partial charge on any atom is -0.483 e. The molecule has 0 amide bonds. The monoisotopic (exact) mass is 284 g/mol. The molecule has 0 aromatic heterocycles. The van der Waals surface area contributed by atoms with Gasteiger partial charge in [0.1, 0.15) is 11.6 Å². The summed E-state index contributed by atoms with van der Waals surface area (Å²) in [5.74, 6) is 1.20. The quantitative estimate of drug-likeness (QED) is 0.659. The van der Waals surface area contributed by atoms with Crippen LogP contribution in [0.4, 0.5) is 0 Å². The van der Waals surface area contributed by atoms with E-state index in [1.54, 1.807) is 6.92 Å². The van der Waals surface area contributed by atoms with E-state index in [1.165, 1.54) is 0 Å². The van der Waals surface area contributed by atoms with Crippen molar-refractivity contribution in [2.45, 2.75) is 32.8 Å². The third kappa shape index (κ3) is 3.23. The molecule has 1 rings (SSSR count). The largest absolute Gasteiger partial charge is 0.483 e. The van der Waals surface area contributed by atoms with E-state index in [-0.39, 0.29) is 5.84 Å². The Morgan fingerprint density at radius 2 is 2.00 bits per heavy atom. The van der Waals surface area contributed by atoms with Crippen molar-refractivity contribution in [3.8, 4) is 5.75 Å². The van der Waals surface area contributed by atoms with Gasteiger partial charge in [0.2, 0.25) is 0 Å². The van der Waals surface area contributed by atoms with E-state index < -0.39 is 6.10 Å². The van der Waals surface area contributed by atoms with Gasteiger partial charge in [-0.3, -0.25) is 5.41 Å². The number of benzene rings is 1. The van der Waals surface area contributed by atoms with Gasteiger partial charge >= 0.3 is 0 Å². The van der Waals surface area contributed by atoms with Gasteiger partial charge < -0.3 is 10.5 Å². The summed E-state index contributed by atoms with van der Waals surface area (Å²) < 4.78 is 6.68. The molecule has 0 saturated heterocycles. The third-order valence-corrected chi connectivity index (χ3v) is 2.83. The minimum absolute atomic E-state index is 0.0395. The molecule has 0 radical (unpaired) electrons. The van der Waals surface area contributed by atoms with Crippen LogP contribution in [0.5, 0.6) is 5.75 Å². The molecule has 1 atom stereocenters. The molecule has 3 nitrogen and oxygen atoms in total. The number of halogens is 1. The molecule has 0 saturated carbocycles. The van der Waals surface area contributed by atoms with E-state index in [1.807, 2.05) is 18.2 Å². The second-order valence-corrected chi connectivity index (χ2v) is 4.97. The molecule has 1 aromatic rings. The Bertz CT molecular complexity index is 391. The van der Waals surface area contributed by atoms with Crippen molar-refractivity contribution < 1.29 is 4.74 Å². The molecular formula is C12H17BrN2O. The number of rotatable bonds is 4. The van der Waals surface area contributed by atoms with Crippen LogP contribution in [0.2, 0.25) is 0 Å². The number of hydrogen-bond acceptors (Lipinski definition) is 2. The first-order valence-corrected chi connectivity index (χ1v) is 6.01. The fourth-order valence-corrected chi connectivity index (χ4v) is 1.71. The van der Waals surface area contributed by atoms with E-state index in [4.69, 9.17) is 15.9 Å². The van der Waals surface area contributed by atoms with Crippen molar-refractivity contribution in [3.05, 3.63) is 28.2 Å². The van der Waals surface area contributed by atoms with Crippen molar-refractivity contribution in [2.24, 2.45) is 5.73 Å². The maximum atomic E-state index is 7.31. The van der Waals surface area contributed by atoms with Crippen LogP contribution in [0.15, 0.2) is 22.7 Å². The Kier molecular flexibility index (Phi) is 4.35. The molecule has 0 aliphatic rings. The summed E-state index contributed by atoms with van der Waals surface area (Å²) in [6.45, 7) is 5.98. The van der Waals surface area contributed by atoms with Gasteiger partial charge in [0, 0.05) is 4.47 Å². The fraction of sp³-hybridized carbons (Fsp3) is 0.417. The molecule has 16 heavy (non-hydrogen) atoms. The maximum Gasteiger partial charge on any atom is 0.152 e. The van der Waals surface area contributed by atoms with Crippen molar-refractivity contribution in [3.63, 3.8) is 0 Å². The van der Waals surface area contributed by atoms with Crippen molar-refractivity contribution in [1.82, 2.24) is 0 Å². The van der Waals surface area contributed by atoms with Crippen LogP contribution in [0, 0.1) is 5.41 Å². The van der Waals surface area contributed by atoms with Crippen LogP contribution >= 0.6 is 15.9 Å². The molecule has 1 unspecified atom stereocenters. The average molecular weight is 285 g/mol. The number of nitrogens with two attached hydrogens (primary N) is 1. The standard InChI is InChI=1S/C12H17BrN2O/c1-7(2)10-6-9(13)4-5-11(10)16-8(3)12(14)15/h4-8H,1-3H3,(H3,14,15). The zero-order chi connectivity index (χ0) is 12.3. The van der Waals surface area contributed by atoms with E-state index in [9.17, 15) is 0 Å². The van der Waals surface area contributed by atoms with E-state index >= 15 is 0 Å². The SMILES string of the molecule is CC(Oc1ccc(Br)cc1C(C)C)C(=N)N. The molecule has 1 aromatic carbocycles. The van der Waals surface area contributed by atoms with Crippen molar-refractivity contribution >= 4 is 21.8 Å². The molecule has 4 heteroatoms. The first kappa shape index (κ1) is 13.0. The lowest BCUT2D eigenvalue weighted by Gasteiger charge is -2.18. The Morgan fingerprint density at radius 3 is 2.50 bits per heavy atom. The van der Waals surface area contributed by atoms with Gasteiger partial charge in [-0.05, 0) is 36.6 Å². The minimum atomic E-state index is -0.390. The van der Waals surface area contributed by atoms with Gasteiger partial charge in [-0.2, -0.15) is 0 Å². The second-order valence-electron chi connectivity index (χ2n) is 4.05. The lowest BCUT2D eigenvalue weighted by molar-refractivity contribution is 0.281. The molecule has 0 spiro atoms. The highest BCUT2D eigenvalue weighted by Gasteiger charge is 2.13. The smallest absolute Gasteiger partial charge is 0.152 e. The predicted molar refractivity (Wildman–Crippen MR) is 70.2 cm³/mol. The van der Waals surface area contributed by atoms with E-state index in [0.29, 0.717) is 5.92 Å². The van der Waals surface area contributed by atoms with E-state index in [0.717, 1.165) is 15.8 Å². The molecule has 0 aliphatic heterocycles. The van der Waals surface area contributed by atoms with Crippen molar-refractivity contribution in [2.75, 3.05) is 0 Å². The number of hydrogen-bond donors (Lipinski definition) is 2. The fourth-order valence-electron chi connectivity index (χ4n) is 1.33. The predicted octanol–water partition coefficient (Wildman–Crippen LogP) is 3.28. The van der Waals surface area contributed by atoms with Crippen LogP contribution in [-0.4, -0.2) is 11.9 Å². The van der Waals surface area contributed by atoms with Gasteiger partial charge in [-0.15, -0.1) is 0 Å². The zero-order valence-corrected chi connectivity index (χ0v) is 11.3. The maximum absolute atomic E-state index is 7.31. The molecule has 3 N–H and O–H groups in total. The molecule has 0 fully saturated rings. The first-order chi connectivity index (χ1) is 7.41. The van der Waals surface area contributed by atoms with E-state index in [2.05, 4.69) is 29.8 Å². The lowest BCUT2D eigenvalue weighted by Crippen LogP contribution is -2.30. The summed E-state index contributed by atoms with van der Waals surface area (Å²) in [5.41, 5.74) is 6.50. The molecule has 0 aliphatic carbocycles. The van der Waals surface area contributed by atoms with Gasteiger partial charge in [-0.25, -0.2) is 0 Å². The summed E-state index contributed by atoms with van der Waals surface area (Å²) in [4.78, 5) is 0. The Hall–Kier alpha value is -1.03. The Morgan fingerprint density at radius 1 is 1.38 bits per heavy atom. The summed E-state index contributed by atoms with van der Waals surface area (Å²) in [7, 11) is 0. The van der Waals surface area contributed by atoms with Crippen LogP contribution in [0.3, 0.4) is 0 Å². The summed E-state index contributed by atoms with van der Waals surface area (Å²) in [6.07, 6.45) is -0.390. The summed E-state index contributed by atoms with van der Waals surface area (Å²) in [6, 6.07) is 5.86. The topological polar surface area (TPSA) is 59.1 Å². The van der Waals surface area contributed by atoms with Gasteiger partial charge in [-0.1, -0.05) is 29.8 Å². The summed E-state index contributed by atoms with van der Waals surface area (Å²) >= 11 is 3.44. The summed E-state index contributed by atoms with van der Waals surface area (Å²) in [5, 5.41) is 7.31. The Labute approximate surface area is 105 Å². The number of amidine groups is 1. The van der Waals surface area contributed by atoms with Crippen molar-refractivity contribution in [1.29, 1.82) is 5.41 Å². The van der Waals surface area contributed by atoms with Crippen LogP contribution in [0.25, 0.3) is 0 Å². The highest BCUT2D eigenvalue weighted by molar-refractivity contribution is 9.10. The zero-order valence-electron chi connectivity index (χ0n) is 9.75. The normalized spacial score (nSPS) is 12.6. The van der Waals surface area contributed by atoms with Crippen LogP contribution in [0.1, 0.15) is 32.3 Å². The van der Waals surface area contributed by atoms with Gasteiger partial charge in [0.15, 0.2) is 6.10 Å². The van der Waals surface area contributed by atoms with Crippen LogP contribution in [-0.2, 0) is 0 Å². The number of ether oxygens (including phenoxy) is 1. The highest BCUT2D eigenvalue weighted by Crippen LogP contribution is 2.30. The number of nitrogens with one attached hydrogen (secondary N) is 1. The average Bonchev–Trinajstić information content (AvgIpc) is 2.20. The third-order valence-electron chi connectivity index (χ3n) is 2.34. The molecule has 0 bridgehead atoms. The van der Waals surface area contributed by atoms with Gasteiger partial charge in [0.05, 0.1) is 0 Å². The second kappa shape index (κ2) is 5.34. The Balaban J connectivity index is 2.99. The van der Waals surface area contributed by atoms with Gasteiger partial charge in [0.25, 0.3) is 0 Å². The molecular weight excluding hydrogens is 268 g/mol. The molecule has 0 heterocycles. The molecule has 88 valence electrons. The van der Waals surface area contributed by atoms with Crippen LogP contribution < -0.4 is 10.5 Å². The lowest BCUT2D eigenvalue weighted by atomic mass is 10.0. The highest BCUT2D eigenvalue weighted by atomic mass is 79.9. The first-order valence-electron chi connectivity index (χ1n) is 5.21.